The molecule has 0 amide bonds. The average Bonchev–Trinajstić information content (AvgIpc) is 4.07. The van der Waals surface area contributed by atoms with E-state index >= 15 is 0 Å². The molecule has 12 aromatic rings. The molecule has 0 bridgehead atoms. The third-order valence-corrected chi connectivity index (χ3v) is 16.0. The van der Waals surface area contributed by atoms with Gasteiger partial charge in [-0.3, -0.25) is 0 Å². The molecule has 2 heteroatoms. The fourth-order valence-electron chi connectivity index (χ4n) is 13.1. The van der Waals surface area contributed by atoms with Crippen molar-refractivity contribution >= 4 is 60.4 Å². The van der Waals surface area contributed by atoms with Gasteiger partial charge in [-0.15, -0.1) is 0 Å². The van der Waals surface area contributed by atoms with Crippen molar-refractivity contribution in [2.24, 2.45) is 0 Å². The van der Waals surface area contributed by atoms with E-state index in [9.17, 15) is 0 Å². The van der Waals surface area contributed by atoms with Crippen molar-refractivity contribution < 1.29 is 0 Å². The average molecular weight is 865 g/mol. The Bertz CT molecular complexity index is 3970. The number of benzene rings is 11. The molecule has 0 aliphatic heterocycles. The van der Waals surface area contributed by atoms with Crippen molar-refractivity contribution in [1.82, 2.24) is 4.57 Å². The smallest absolute Gasteiger partial charge is 0.0726 e. The van der Waals surface area contributed by atoms with Crippen LogP contribution >= 0.6 is 0 Å². The lowest BCUT2D eigenvalue weighted by Crippen LogP contribution is -2.26. The second kappa shape index (κ2) is 13.6. The predicted octanol–water partition coefficient (Wildman–Crippen LogP) is 17.2. The molecular formula is C66H44N2. The van der Waals surface area contributed by atoms with Crippen LogP contribution < -0.4 is 4.90 Å². The molecule has 0 N–H and O–H groups in total. The Morgan fingerprint density at radius 1 is 0.324 bits per heavy atom. The van der Waals surface area contributed by atoms with E-state index in [0.717, 1.165) is 17.1 Å². The molecule has 11 aromatic carbocycles. The number of hydrogen-bond donors (Lipinski definition) is 0. The second-order valence-corrected chi connectivity index (χ2v) is 19.6. The third kappa shape index (κ3) is 4.81. The standard InChI is InChI=1S/C66H44N2/c1-65(2)58-38-44(30-33-52(58)53-34-32-46(39-59(53)65)68-61-36-28-41-16-6-8-20-47(41)63(61)64-48-21-9-7-17-42(48)29-37-62(64)68)67(43-18-4-3-5-19-43)45-31-35-54-51-24-12-15-27-57(51)66(60(54)40-45)55-25-13-10-22-49(55)50-23-11-14-26-56(50)66/h3-40H,1-2H3. The van der Waals surface area contributed by atoms with Gasteiger partial charge < -0.3 is 9.47 Å². The minimum absolute atomic E-state index is 0.266. The highest BCUT2D eigenvalue weighted by Crippen LogP contribution is 2.63. The highest BCUT2D eigenvalue weighted by Gasteiger charge is 2.51. The van der Waals surface area contributed by atoms with Gasteiger partial charge >= 0.3 is 0 Å². The van der Waals surface area contributed by atoms with Gasteiger partial charge in [-0.1, -0.05) is 184 Å². The summed E-state index contributed by atoms with van der Waals surface area (Å²) in [5, 5.41) is 7.72. The Kier molecular flexibility index (Phi) is 7.53. The van der Waals surface area contributed by atoms with Gasteiger partial charge in [-0.25, -0.2) is 0 Å². The molecule has 1 heterocycles. The van der Waals surface area contributed by atoms with Gasteiger partial charge in [0, 0.05) is 38.9 Å². The van der Waals surface area contributed by atoms with Crippen LogP contribution in [0.1, 0.15) is 47.2 Å². The normalized spacial score (nSPS) is 14.3. The van der Waals surface area contributed by atoms with Gasteiger partial charge in [-0.05, 0) is 149 Å². The zero-order valence-corrected chi connectivity index (χ0v) is 37.8. The molecule has 0 saturated heterocycles. The number of rotatable bonds is 4. The van der Waals surface area contributed by atoms with Gasteiger partial charge in [0.05, 0.1) is 16.4 Å². The lowest BCUT2D eigenvalue weighted by atomic mass is 9.70. The summed E-state index contributed by atoms with van der Waals surface area (Å²) in [6.07, 6.45) is 0. The maximum Gasteiger partial charge on any atom is 0.0726 e. The molecule has 0 saturated carbocycles. The van der Waals surface area contributed by atoms with E-state index in [-0.39, 0.29) is 5.41 Å². The SMILES string of the molecule is CC1(C)c2cc(N(c3ccccc3)c3ccc4c(c3)C3(c5ccccc5-c5ccccc53)c3ccccc3-4)ccc2-c2ccc(-n3c4ccc5ccccc5c4c4c5ccccc5ccc43)cc21. The molecule has 3 aliphatic rings. The first-order valence-electron chi connectivity index (χ1n) is 23.9. The minimum atomic E-state index is -0.423. The van der Waals surface area contributed by atoms with Gasteiger partial charge in [-0.2, -0.15) is 0 Å². The maximum atomic E-state index is 2.51. The first-order chi connectivity index (χ1) is 33.5. The first kappa shape index (κ1) is 37.7. The first-order valence-corrected chi connectivity index (χ1v) is 23.9. The molecule has 0 unspecified atom stereocenters. The minimum Gasteiger partial charge on any atom is -0.310 e. The summed E-state index contributed by atoms with van der Waals surface area (Å²) in [4.78, 5) is 2.47. The molecule has 2 nitrogen and oxygen atoms in total. The summed E-state index contributed by atoms with van der Waals surface area (Å²) in [5.74, 6) is 0. The number of nitrogens with zero attached hydrogens (tertiary/aromatic N) is 2. The fourth-order valence-corrected chi connectivity index (χ4v) is 13.1. The third-order valence-electron chi connectivity index (χ3n) is 16.0. The Balaban J connectivity index is 0.899. The van der Waals surface area contributed by atoms with Crippen LogP contribution in [0.3, 0.4) is 0 Å². The molecule has 0 fully saturated rings. The summed E-state index contributed by atoms with van der Waals surface area (Å²) in [7, 11) is 0. The van der Waals surface area contributed by atoms with E-state index < -0.39 is 5.41 Å². The van der Waals surface area contributed by atoms with E-state index in [1.807, 2.05) is 0 Å². The molecule has 0 atom stereocenters. The predicted molar refractivity (Wildman–Crippen MR) is 284 cm³/mol. The van der Waals surface area contributed by atoms with Crippen molar-refractivity contribution in [3.05, 3.63) is 264 Å². The molecule has 318 valence electrons. The van der Waals surface area contributed by atoms with Crippen LogP contribution in [-0.4, -0.2) is 4.57 Å². The summed E-state index contributed by atoms with van der Waals surface area (Å²) < 4.78 is 2.51. The number of aromatic nitrogens is 1. The van der Waals surface area contributed by atoms with Crippen LogP contribution in [0.25, 0.3) is 82.4 Å². The van der Waals surface area contributed by atoms with Crippen LogP contribution in [0.15, 0.2) is 231 Å². The molecule has 68 heavy (non-hydrogen) atoms. The summed E-state index contributed by atoms with van der Waals surface area (Å²) >= 11 is 0. The summed E-state index contributed by atoms with van der Waals surface area (Å²) in [5.41, 5.74) is 22.3. The van der Waals surface area contributed by atoms with E-state index in [1.165, 1.54) is 116 Å². The fraction of sp³-hybridized carbons (Fsp3) is 0.0606. The topological polar surface area (TPSA) is 8.17 Å². The van der Waals surface area contributed by atoms with Gasteiger partial charge in [0.25, 0.3) is 0 Å². The van der Waals surface area contributed by atoms with Crippen molar-refractivity contribution in [3.8, 4) is 39.1 Å². The molecule has 0 radical (unpaired) electrons. The molecule has 1 aromatic heterocycles. The van der Waals surface area contributed by atoms with Crippen molar-refractivity contribution in [1.29, 1.82) is 0 Å². The van der Waals surface area contributed by atoms with Crippen LogP contribution in [0, 0.1) is 0 Å². The van der Waals surface area contributed by atoms with E-state index in [2.05, 4.69) is 254 Å². The largest absolute Gasteiger partial charge is 0.310 e. The van der Waals surface area contributed by atoms with Crippen molar-refractivity contribution in [3.63, 3.8) is 0 Å². The van der Waals surface area contributed by atoms with E-state index in [1.54, 1.807) is 0 Å². The van der Waals surface area contributed by atoms with Gasteiger partial charge in [0.2, 0.25) is 0 Å². The van der Waals surface area contributed by atoms with E-state index in [0.29, 0.717) is 0 Å². The number of anilines is 3. The number of hydrogen-bond acceptors (Lipinski definition) is 1. The Morgan fingerprint density at radius 3 is 1.31 bits per heavy atom. The van der Waals surface area contributed by atoms with Crippen LogP contribution in [0.2, 0.25) is 0 Å². The quantitative estimate of drug-likeness (QED) is 0.171. The molecule has 15 rings (SSSR count). The number of fused-ring (bicyclic) bond motifs is 20. The van der Waals surface area contributed by atoms with Crippen LogP contribution in [0.4, 0.5) is 17.1 Å². The highest BCUT2D eigenvalue weighted by atomic mass is 15.1. The molecular weight excluding hydrogens is 821 g/mol. The summed E-state index contributed by atoms with van der Waals surface area (Å²) in [6.45, 7) is 4.83. The Hall–Kier alpha value is -8.46. The lowest BCUT2D eigenvalue weighted by Gasteiger charge is -2.32. The Labute approximate surface area is 395 Å². The van der Waals surface area contributed by atoms with Crippen molar-refractivity contribution in [2.75, 3.05) is 4.90 Å². The van der Waals surface area contributed by atoms with E-state index in [4.69, 9.17) is 0 Å². The van der Waals surface area contributed by atoms with Crippen molar-refractivity contribution in [2.45, 2.75) is 24.7 Å². The van der Waals surface area contributed by atoms with Crippen LogP contribution in [0.5, 0.6) is 0 Å². The zero-order valence-electron chi connectivity index (χ0n) is 37.8. The second-order valence-electron chi connectivity index (χ2n) is 19.6. The van der Waals surface area contributed by atoms with Gasteiger partial charge in [0.15, 0.2) is 0 Å². The summed E-state index contributed by atoms with van der Waals surface area (Å²) in [6, 6.07) is 86.7. The molecule has 3 aliphatic carbocycles. The monoisotopic (exact) mass is 864 g/mol. The highest BCUT2D eigenvalue weighted by molar-refractivity contribution is 6.28. The van der Waals surface area contributed by atoms with Gasteiger partial charge in [0.1, 0.15) is 0 Å². The zero-order chi connectivity index (χ0) is 44.9. The Morgan fingerprint density at radius 2 is 0.750 bits per heavy atom. The van der Waals surface area contributed by atoms with Crippen LogP contribution in [-0.2, 0) is 10.8 Å². The maximum absolute atomic E-state index is 2.51. The lowest BCUT2D eigenvalue weighted by molar-refractivity contribution is 0.660. The molecule has 1 spiro atoms. The number of para-hydroxylation sites is 1.